The topological polar surface area (TPSA) is 96.1 Å². The Morgan fingerprint density at radius 1 is 1.14 bits per heavy atom. The summed E-state index contributed by atoms with van der Waals surface area (Å²) in [5.74, 6) is 7.35. The molecule has 0 saturated carbocycles. The lowest BCUT2D eigenvalue weighted by Gasteiger charge is -2.16. The second kappa shape index (κ2) is 7.01. The van der Waals surface area contributed by atoms with E-state index in [2.05, 4.69) is 20.7 Å². The molecule has 0 amide bonds. The Hall–Kier alpha value is -2.18. The molecule has 1 heterocycles. The molecule has 0 spiro atoms. The van der Waals surface area contributed by atoms with Crippen LogP contribution in [0, 0.1) is 5.92 Å². The Bertz CT molecular complexity index is 574. The van der Waals surface area contributed by atoms with Crippen LogP contribution in [-0.4, -0.2) is 27.7 Å². The molecular weight excluding hydrogens is 266 g/mol. The van der Waals surface area contributed by atoms with Gasteiger partial charge < -0.3 is 15.8 Å². The van der Waals surface area contributed by atoms with Gasteiger partial charge in [-0.25, -0.2) is 15.8 Å². The third-order valence-corrected chi connectivity index (χ3v) is 3.17. The zero-order valence-corrected chi connectivity index (χ0v) is 12.2. The first-order chi connectivity index (χ1) is 10.1. The van der Waals surface area contributed by atoms with Crippen LogP contribution in [0.4, 0.5) is 11.6 Å². The summed E-state index contributed by atoms with van der Waals surface area (Å²) in [6.45, 7) is 4.36. The van der Waals surface area contributed by atoms with Gasteiger partial charge in [0.2, 0.25) is 0 Å². The molecular formula is C15H21N5O. The van der Waals surface area contributed by atoms with Gasteiger partial charge in [-0.05, 0) is 5.92 Å². The van der Waals surface area contributed by atoms with Gasteiger partial charge in [-0.3, -0.25) is 0 Å². The van der Waals surface area contributed by atoms with Crippen LogP contribution in [0.25, 0.3) is 11.4 Å². The third kappa shape index (κ3) is 4.14. The molecule has 0 aliphatic heterocycles. The largest absolute Gasteiger partial charge is 0.391 e. The molecule has 2 aromatic rings. The molecule has 1 aromatic carbocycles. The Morgan fingerprint density at radius 3 is 2.43 bits per heavy atom. The molecule has 6 nitrogen and oxygen atoms in total. The number of aliphatic hydroxyl groups excluding tert-OH is 1. The van der Waals surface area contributed by atoms with Crippen molar-refractivity contribution in [1.82, 2.24) is 9.97 Å². The number of aliphatic hydroxyl groups is 1. The number of hydrazine groups is 1. The van der Waals surface area contributed by atoms with E-state index in [1.54, 1.807) is 6.07 Å². The van der Waals surface area contributed by atoms with Crippen molar-refractivity contribution in [2.24, 2.45) is 11.8 Å². The van der Waals surface area contributed by atoms with E-state index in [-0.39, 0.29) is 5.92 Å². The lowest BCUT2D eigenvalue weighted by atomic mass is 10.1. The maximum Gasteiger partial charge on any atom is 0.163 e. The smallest absolute Gasteiger partial charge is 0.163 e. The van der Waals surface area contributed by atoms with Gasteiger partial charge >= 0.3 is 0 Å². The molecule has 1 unspecified atom stereocenters. The highest BCUT2D eigenvalue weighted by molar-refractivity contribution is 5.60. The number of aromatic nitrogens is 2. The molecule has 0 aliphatic carbocycles. The van der Waals surface area contributed by atoms with Crippen molar-refractivity contribution >= 4 is 11.6 Å². The summed E-state index contributed by atoms with van der Waals surface area (Å²) in [5.41, 5.74) is 3.44. The van der Waals surface area contributed by atoms with E-state index < -0.39 is 6.10 Å². The molecule has 0 fully saturated rings. The van der Waals surface area contributed by atoms with Gasteiger partial charge in [0, 0.05) is 18.2 Å². The van der Waals surface area contributed by atoms with Crippen LogP contribution in [0.5, 0.6) is 0 Å². The predicted octanol–water partition coefficient (Wildman–Crippen LogP) is 1.86. The number of nitrogen functional groups attached to an aromatic ring is 1. The van der Waals surface area contributed by atoms with Gasteiger partial charge in [0.05, 0.1) is 6.10 Å². The fourth-order valence-electron chi connectivity index (χ4n) is 1.77. The quantitative estimate of drug-likeness (QED) is 0.478. The normalized spacial score (nSPS) is 12.2. The highest BCUT2D eigenvalue weighted by Crippen LogP contribution is 2.19. The van der Waals surface area contributed by atoms with Gasteiger partial charge in [-0.1, -0.05) is 44.2 Å². The van der Waals surface area contributed by atoms with Crippen molar-refractivity contribution in [1.29, 1.82) is 0 Å². The monoisotopic (exact) mass is 287 g/mol. The standard InChI is InChI=1S/C15H21N5O/c1-10(2)12(21)9-17-13-8-14(20-16)19-15(18-13)11-6-4-3-5-7-11/h3-8,10,12,21H,9,16H2,1-2H3,(H2,17,18,19,20). The van der Waals surface area contributed by atoms with E-state index >= 15 is 0 Å². The first-order valence-electron chi connectivity index (χ1n) is 6.93. The molecule has 6 heteroatoms. The van der Waals surface area contributed by atoms with Crippen LogP contribution in [0.15, 0.2) is 36.4 Å². The van der Waals surface area contributed by atoms with Crippen LogP contribution in [0.1, 0.15) is 13.8 Å². The number of nitrogens with zero attached hydrogens (tertiary/aromatic N) is 2. The zero-order valence-electron chi connectivity index (χ0n) is 12.2. The number of rotatable bonds is 6. The molecule has 2 rings (SSSR count). The van der Waals surface area contributed by atoms with E-state index in [9.17, 15) is 5.11 Å². The molecule has 0 bridgehead atoms. The number of hydrogen-bond acceptors (Lipinski definition) is 6. The maximum atomic E-state index is 9.85. The molecule has 112 valence electrons. The molecule has 0 radical (unpaired) electrons. The fraction of sp³-hybridized carbons (Fsp3) is 0.333. The van der Waals surface area contributed by atoms with Crippen LogP contribution >= 0.6 is 0 Å². The minimum absolute atomic E-state index is 0.181. The summed E-state index contributed by atoms with van der Waals surface area (Å²) in [4.78, 5) is 8.79. The second-order valence-corrected chi connectivity index (χ2v) is 5.16. The number of nitrogens with one attached hydrogen (secondary N) is 2. The Morgan fingerprint density at radius 2 is 1.81 bits per heavy atom. The molecule has 0 saturated heterocycles. The SMILES string of the molecule is CC(C)C(O)CNc1cc(NN)nc(-c2ccccc2)n1. The minimum Gasteiger partial charge on any atom is -0.391 e. The number of anilines is 2. The van der Waals surface area contributed by atoms with Gasteiger partial charge in [-0.2, -0.15) is 0 Å². The van der Waals surface area contributed by atoms with Crippen molar-refractivity contribution < 1.29 is 5.11 Å². The summed E-state index contributed by atoms with van der Waals surface area (Å²) in [6, 6.07) is 11.4. The molecule has 0 aliphatic rings. The molecule has 21 heavy (non-hydrogen) atoms. The average molecular weight is 287 g/mol. The van der Waals surface area contributed by atoms with Crippen molar-refractivity contribution in [2.75, 3.05) is 17.3 Å². The fourth-order valence-corrected chi connectivity index (χ4v) is 1.77. The predicted molar refractivity (Wildman–Crippen MR) is 84.6 cm³/mol. The van der Waals surface area contributed by atoms with Crippen LogP contribution in [-0.2, 0) is 0 Å². The van der Waals surface area contributed by atoms with Gasteiger partial charge in [-0.15, -0.1) is 0 Å². The summed E-state index contributed by atoms with van der Waals surface area (Å²) >= 11 is 0. The van der Waals surface area contributed by atoms with Crippen LogP contribution < -0.4 is 16.6 Å². The van der Waals surface area contributed by atoms with Crippen molar-refractivity contribution in [3.8, 4) is 11.4 Å². The lowest BCUT2D eigenvalue weighted by Crippen LogP contribution is -2.25. The maximum absolute atomic E-state index is 9.85. The highest BCUT2D eigenvalue weighted by Gasteiger charge is 2.11. The van der Waals surface area contributed by atoms with E-state index in [4.69, 9.17) is 5.84 Å². The van der Waals surface area contributed by atoms with Crippen molar-refractivity contribution in [3.05, 3.63) is 36.4 Å². The lowest BCUT2D eigenvalue weighted by molar-refractivity contribution is 0.138. The Kier molecular flexibility index (Phi) is 5.08. The minimum atomic E-state index is -0.436. The first kappa shape index (κ1) is 15.2. The third-order valence-electron chi connectivity index (χ3n) is 3.17. The number of nitrogens with two attached hydrogens (primary N) is 1. The van der Waals surface area contributed by atoms with E-state index in [0.29, 0.717) is 24.0 Å². The first-order valence-corrected chi connectivity index (χ1v) is 6.93. The number of hydrogen-bond donors (Lipinski definition) is 4. The molecule has 1 atom stereocenters. The highest BCUT2D eigenvalue weighted by atomic mass is 16.3. The van der Waals surface area contributed by atoms with Crippen molar-refractivity contribution in [2.45, 2.75) is 20.0 Å². The summed E-state index contributed by atoms with van der Waals surface area (Å²) in [5, 5.41) is 13.0. The van der Waals surface area contributed by atoms with Crippen molar-refractivity contribution in [3.63, 3.8) is 0 Å². The zero-order chi connectivity index (χ0) is 15.2. The molecule has 1 aromatic heterocycles. The summed E-state index contributed by atoms with van der Waals surface area (Å²) < 4.78 is 0. The van der Waals surface area contributed by atoms with Crippen LogP contribution in [0.3, 0.4) is 0 Å². The van der Waals surface area contributed by atoms with Gasteiger partial charge in [0.25, 0.3) is 0 Å². The van der Waals surface area contributed by atoms with E-state index in [0.717, 1.165) is 5.56 Å². The average Bonchev–Trinajstić information content (AvgIpc) is 2.52. The Balaban J connectivity index is 2.22. The van der Waals surface area contributed by atoms with Gasteiger partial charge in [0.15, 0.2) is 5.82 Å². The molecule has 5 N–H and O–H groups in total. The van der Waals surface area contributed by atoms with E-state index in [1.165, 1.54) is 0 Å². The summed E-state index contributed by atoms with van der Waals surface area (Å²) in [7, 11) is 0. The van der Waals surface area contributed by atoms with Crippen LogP contribution in [0.2, 0.25) is 0 Å². The second-order valence-electron chi connectivity index (χ2n) is 5.16. The summed E-state index contributed by atoms with van der Waals surface area (Å²) in [6.07, 6.45) is -0.436. The number of benzene rings is 1. The van der Waals surface area contributed by atoms with E-state index in [1.807, 2.05) is 44.2 Å². The van der Waals surface area contributed by atoms with Gasteiger partial charge in [0.1, 0.15) is 11.6 Å². The Labute approximate surface area is 124 Å².